The topological polar surface area (TPSA) is 57.6 Å². The van der Waals surface area contributed by atoms with Gasteiger partial charge in [0.1, 0.15) is 0 Å². The number of nitrogens with zero attached hydrogens (tertiary/aromatic N) is 1. The molecule has 1 aromatic carbocycles. The van der Waals surface area contributed by atoms with Gasteiger partial charge in [0.15, 0.2) is 0 Å². The van der Waals surface area contributed by atoms with Crippen molar-refractivity contribution in [3.63, 3.8) is 0 Å². The van der Waals surface area contributed by atoms with Gasteiger partial charge in [-0.25, -0.2) is 0 Å². The molecule has 0 aliphatic carbocycles. The Balaban J connectivity index is 2.74. The largest absolute Gasteiger partial charge is 0.481 e. The molecule has 0 saturated heterocycles. The first-order valence-electron chi connectivity index (χ1n) is 7.64. The minimum atomic E-state index is -0.882. The number of carbonyl (C=O) groups excluding carboxylic acids is 1. The van der Waals surface area contributed by atoms with Gasteiger partial charge in [0.05, 0.1) is 6.42 Å². The zero-order valence-corrected chi connectivity index (χ0v) is 13.0. The summed E-state index contributed by atoms with van der Waals surface area (Å²) in [5, 5.41) is 8.87. The summed E-state index contributed by atoms with van der Waals surface area (Å²) in [6.45, 7) is 4.30. The molecule has 0 atom stereocenters. The molecule has 0 unspecified atom stereocenters. The second-order valence-electron chi connectivity index (χ2n) is 5.29. The van der Waals surface area contributed by atoms with Crippen LogP contribution in [-0.2, 0) is 9.59 Å². The van der Waals surface area contributed by atoms with Crippen LogP contribution in [0.25, 0.3) is 0 Å². The third-order valence-electron chi connectivity index (χ3n) is 3.50. The highest BCUT2D eigenvalue weighted by Crippen LogP contribution is 2.21. The molecule has 0 aromatic heterocycles. The van der Waals surface area contributed by atoms with Crippen LogP contribution in [-0.4, -0.2) is 23.5 Å². The summed E-state index contributed by atoms with van der Waals surface area (Å²) in [5.74, 6) is -0.867. The lowest BCUT2D eigenvalue weighted by Crippen LogP contribution is -2.33. The van der Waals surface area contributed by atoms with Gasteiger partial charge in [-0.05, 0) is 25.0 Å². The number of benzene rings is 1. The van der Waals surface area contributed by atoms with E-state index in [1.54, 1.807) is 4.90 Å². The second-order valence-corrected chi connectivity index (χ2v) is 5.29. The Morgan fingerprint density at radius 3 is 2.43 bits per heavy atom. The van der Waals surface area contributed by atoms with Crippen LogP contribution >= 0.6 is 0 Å². The monoisotopic (exact) mass is 291 g/mol. The fraction of sp³-hybridized carbons (Fsp3) is 0.529. The van der Waals surface area contributed by atoms with Gasteiger partial charge in [-0.2, -0.15) is 0 Å². The van der Waals surface area contributed by atoms with E-state index in [1.165, 1.54) is 0 Å². The molecule has 0 saturated carbocycles. The first-order chi connectivity index (χ1) is 10.1. The number of para-hydroxylation sites is 1. The molecule has 1 aromatic rings. The Bertz CT molecular complexity index is 471. The standard InChI is InChI=1S/C17H25NO3/c1-3-4-5-6-11-16(19)18(13-12-17(20)21)15-10-8-7-9-14(15)2/h7-10H,3-6,11-13H2,1-2H3,(H,20,21). The minimum Gasteiger partial charge on any atom is -0.481 e. The molecule has 1 N–H and O–H groups in total. The van der Waals surface area contributed by atoms with Gasteiger partial charge in [-0.15, -0.1) is 0 Å². The zero-order valence-electron chi connectivity index (χ0n) is 13.0. The summed E-state index contributed by atoms with van der Waals surface area (Å²) < 4.78 is 0. The highest BCUT2D eigenvalue weighted by atomic mass is 16.4. The van der Waals surface area contributed by atoms with Crippen LogP contribution in [0.5, 0.6) is 0 Å². The summed E-state index contributed by atoms with van der Waals surface area (Å²) in [5.41, 5.74) is 1.81. The summed E-state index contributed by atoms with van der Waals surface area (Å²) in [6.07, 6.45) is 4.62. The van der Waals surface area contributed by atoms with E-state index < -0.39 is 5.97 Å². The van der Waals surface area contributed by atoms with Gasteiger partial charge in [-0.3, -0.25) is 9.59 Å². The van der Waals surface area contributed by atoms with Crippen molar-refractivity contribution in [1.82, 2.24) is 0 Å². The molecule has 0 radical (unpaired) electrons. The Morgan fingerprint density at radius 2 is 1.81 bits per heavy atom. The number of carboxylic acids is 1. The van der Waals surface area contributed by atoms with E-state index in [0.29, 0.717) is 6.42 Å². The number of aliphatic carboxylic acids is 1. The number of unbranched alkanes of at least 4 members (excludes halogenated alkanes) is 3. The van der Waals surface area contributed by atoms with Crippen molar-refractivity contribution in [2.75, 3.05) is 11.4 Å². The van der Waals surface area contributed by atoms with Crippen LogP contribution in [0, 0.1) is 6.92 Å². The number of anilines is 1. The smallest absolute Gasteiger partial charge is 0.305 e. The number of hydrogen-bond donors (Lipinski definition) is 1. The van der Waals surface area contributed by atoms with Gasteiger partial charge in [0, 0.05) is 18.7 Å². The number of amides is 1. The Kier molecular flexibility index (Phi) is 7.51. The predicted octanol–water partition coefficient (Wildman–Crippen LogP) is 3.77. The fourth-order valence-corrected chi connectivity index (χ4v) is 2.29. The average molecular weight is 291 g/mol. The van der Waals surface area contributed by atoms with Gasteiger partial charge >= 0.3 is 5.97 Å². The molecule has 0 aliphatic heterocycles. The number of hydrogen-bond acceptors (Lipinski definition) is 2. The van der Waals surface area contributed by atoms with Crippen LogP contribution in [0.3, 0.4) is 0 Å². The van der Waals surface area contributed by atoms with Crippen LogP contribution in [0.2, 0.25) is 0 Å². The molecule has 0 spiro atoms. The third-order valence-corrected chi connectivity index (χ3v) is 3.50. The fourth-order valence-electron chi connectivity index (χ4n) is 2.29. The van der Waals surface area contributed by atoms with Gasteiger partial charge < -0.3 is 10.0 Å². The maximum Gasteiger partial charge on any atom is 0.305 e. The van der Waals surface area contributed by atoms with Crippen LogP contribution in [0.4, 0.5) is 5.69 Å². The first kappa shape index (κ1) is 17.2. The summed E-state index contributed by atoms with van der Waals surface area (Å²) in [7, 11) is 0. The van der Waals surface area contributed by atoms with Crippen molar-refractivity contribution in [1.29, 1.82) is 0 Å². The van der Waals surface area contributed by atoms with Gasteiger partial charge in [-0.1, -0.05) is 44.4 Å². The summed E-state index contributed by atoms with van der Waals surface area (Å²) >= 11 is 0. The van der Waals surface area contributed by atoms with Crippen molar-refractivity contribution in [2.24, 2.45) is 0 Å². The molecule has 4 nitrogen and oxygen atoms in total. The summed E-state index contributed by atoms with van der Waals surface area (Å²) in [6, 6.07) is 7.61. The molecule has 0 heterocycles. The van der Waals surface area contributed by atoms with Crippen LogP contribution in [0.1, 0.15) is 51.0 Å². The molecule has 0 bridgehead atoms. The number of rotatable bonds is 9. The lowest BCUT2D eigenvalue weighted by atomic mass is 10.1. The lowest BCUT2D eigenvalue weighted by molar-refractivity contribution is -0.136. The van der Waals surface area contributed by atoms with E-state index in [2.05, 4.69) is 6.92 Å². The number of carbonyl (C=O) groups is 2. The van der Waals surface area contributed by atoms with E-state index >= 15 is 0 Å². The Hall–Kier alpha value is -1.84. The SMILES string of the molecule is CCCCCCC(=O)N(CCC(=O)O)c1ccccc1C. The third kappa shape index (κ3) is 5.98. The molecule has 4 heteroatoms. The van der Waals surface area contributed by atoms with Crippen LogP contribution in [0.15, 0.2) is 24.3 Å². The molecule has 0 aliphatic rings. The Morgan fingerprint density at radius 1 is 1.10 bits per heavy atom. The zero-order chi connectivity index (χ0) is 15.7. The van der Waals surface area contributed by atoms with Crippen molar-refractivity contribution >= 4 is 17.6 Å². The molecule has 0 fully saturated rings. The van der Waals surface area contributed by atoms with Crippen LogP contribution < -0.4 is 4.90 Å². The maximum absolute atomic E-state index is 12.4. The van der Waals surface area contributed by atoms with E-state index in [9.17, 15) is 9.59 Å². The van der Waals surface area contributed by atoms with Crippen molar-refractivity contribution in [3.8, 4) is 0 Å². The number of aryl methyl sites for hydroxylation is 1. The van der Waals surface area contributed by atoms with Gasteiger partial charge in [0.25, 0.3) is 0 Å². The highest BCUT2D eigenvalue weighted by molar-refractivity contribution is 5.94. The highest BCUT2D eigenvalue weighted by Gasteiger charge is 2.17. The van der Waals surface area contributed by atoms with Crippen molar-refractivity contribution in [3.05, 3.63) is 29.8 Å². The van der Waals surface area contributed by atoms with E-state index in [0.717, 1.165) is 36.9 Å². The molecule has 21 heavy (non-hydrogen) atoms. The molecule has 1 amide bonds. The predicted molar refractivity (Wildman–Crippen MR) is 84.5 cm³/mol. The van der Waals surface area contributed by atoms with E-state index in [-0.39, 0.29) is 18.9 Å². The second kappa shape index (κ2) is 9.16. The Labute approximate surface area is 126 Å². The minimum absolute atomic E-state index is 0.0154. The molecular formula is C17H25NO3. The summed E-state index contributed by atoms with van der Waals surface area (Å²) in [4.78, 5) is 24.8. The van der Waals surface area contributed by atoms with Crippen molar-refractivity contribution in [2.45, 2.75) is 52.4 Å². The number of carboxylic acid groups (broad SMARTS) is 1. The maximum atomic E-state index is 12.4. The van der Waals surface area contributed by atoms with Crippen molar-refractivity contribution < 1.29 is 14.7 Å². The first-order valence-corrected chi connectivity index (χ1v) is 7.64. The average Bonchev–Trinajstić information content (AvgIpc) is 2.45. The van der Waals surface area contributed by atoms with Gasteiger partial charge in [0.2, 0.25) is 5.91 Å². The molecule has 1 rings (SSSR count). The quantitative estimate of drug-likeness (QED) is 0.704. The van der Waals surface area contributed by atoms with E-state index in [4.69, 9.17) is 5.11 Å². The lowest BCUT2D eigenvalue weighted by Gasteiger charge is -2.24. The molecular weight excluding hydrogens is 266 g/mol. The molecule has 116 valence electrons. The van der Waals surface area contributed by atoms with E-state index in [1.807, 2.05) is 31.2 Å². The normalized spacial score (nSPS) is 10.4.